The second kappa shape index (κ2) is 7.24. The van der Waals surface area contributed by atoms with E-state index in [0.717, 1.165) is 12.6 Å². The monoisotopic (exact) mass is 199 g/mol. The van der Waals surface area contributed by atoms with E-state index < -0.39 is 0 Å². The molecule has 0 unspecified atom stereocenters. The molecule has 2 nitrogen and oxygen atoms in total. The van der Waals surface area contributed by atoms with Crippen molar-refractivity contribution in [2.75, 3.05) is 19.7 Å². The van der Waals surface area contributed by atoms with Gasteiger partial charge in [-0.05, 0) is 25.8 Å². The molecular formula is C12H25NO. The molecule has 0 aromatic rings. The van der Waals surface area contributed by atoms with Crippen LogP contribution in [-0.4, -0.2) is 35.7 Å². The van der Waals surface area contributed by atoms with Crippen LogP contribution >= 0.6 is 0 Å². The van der Waals surface area contributed by atoms with Gasteiger partial charge < -0.3 is 5.11 Å². The van der Waals surface area contributed by atoms with Crippen molar-refractivity contribution in [3.63, 3.8) is 0 Å². The van der Waals surface area contributed by atoms with Crippen LogP contribution in [0, 0.1) is 0 Å². The summed E-state index contributed by atoms with van der Waals surface area (Å²) in [6.07, 6.45) is 9.40. The normalized spacial score (nSPS) is 18.2. The lowest BCUT2D eigenvalue weighted by Crippen LogP contribution is -2.36. The van der Waals surface area contributed by atoms with Crippen molar-refractivity contribution in [3.8, 4) is 0 Å². The first-order chi connectivity index (χ1) is 6.88. The smallest absolute Gasteiger partial charge is 0.0558 e. The molecule has 0 aromatic heterocycles. The van der Waals surface area contributed by atoms with Crippen LogP contribution in [0.1, 0.15) is 51.9 Å². The second-order valence-corrected chi connectivity index (χ2v) is 4.40. The van der Waals surface area contributed by atoms with E-state index in [1.807, 2.05) is 0 Å². The fourth-order valence-electron chi connectivity index (χ4n) is 2.44. The summed E-state index contributed by atoms with van der Waals surface area (Å²) in [4.78, 5) is 2.50. The van der Waals surface area contributed by atoms with E-state index in [4.69, 9.17) is 5.11 Å². The Morgan fingerprint density at radius 1 is 1.14 bits per heavy atom. The highest BCUT2D eigenvalue weighted by Gasteiger charge is 2.21. The van der Waals surface area contributed by atoms with Gasteiger partial charge in [0.05, 0.1) is 6.61 Å². The van der Waals surface area contributed by atoms with Crippen LogP contribution < -0.4 is 0 Å². The molecule has 0 spiro atoms. The molecule has 0 heterocycles. The van der Waals surface area contributed by atoms with Gasteiger partial charge in [0, 0.05) is 12.6 Å². The Morgan fingerprint density at radius 2 is 1.86 bits per heavy atom. The maximum atomic E-state index is 9.01. The topological polar surface area (TPSA) is 23.5 Å². The Balaban J connectivity index is 2.22. The van der Waals surface area contributed by atoms with E-state index in [1.165, 1.54) is 51.5 Å². The van der Waals surface area contributed by atoms with Crippen LogP contribution in [0.3, 0.4) is 0 Å². The van der Waals surface area contributed by atoms with Crippen LogP contribution in [0.4, 0.5) is 0 Å². The van der Waals surface area contributed by atoms with Crippen molar-refractivity contribution in [1.82, 2.24) is 4.90 Å². The predicted molar refractivity (Wildman–Crippen MR) is 60.4 cm³/mol. The fraction of sp³-hybridized carbons (Fsp3) is 1.00. The predicted octanol–water partition coefficient (Wildman–Crippen LogP) is 2.41. The van der Waals surface area contributed by atoms with Gasteiger partial charge in [-0.3, -0.25) is 4.90 Å². The number of unbranched alkanes of at least 4 members (excludes halogenated alkanes) is 2. The molecule has 84 valence electrons. The maximum absolute atomic E-state index is 9.01. The van der Waals surface area contributed by atoms with Crippen LogP contribution in [0.25, 0.3) is 0 Å². The molecule has 1 N–H and O–H groups in total. The Labute approximate surface area is 88.3 Å². The summed E-state index contributed by atoms with van der Waals surface area (Å²) in [6.45, 7) is 4.64. The van der Waals surface area contributed by atoms with Crippen molar-refractivity contribution >= 4 is 0 Å². The summed E-state index contributed by atoms with van der Waals surface area (Å²) in [7, 11) is 0. The molecule has 1 saturated carbocycles. The Morgan fingerprint density at radius 3 is 2.43 bits per heavy atom. The van der Waals surface area contributed by atoms with Crippen molar-refractivity contribution in [3.05, 3.63) is 0 Å². The first-order valence-electron chi connectivity index (χ1n) is 6.23. The van der Waals surface area contributed by atoms with Gasteiger partial charge in [-0.1, -0.05) is 32.6 Å². The molecule has 0 atom stereocenters. The number of aliphatic hydroxyl groups excluding tert-OH is 1. The summed E-state index contributed by atoms with van der Waals surface area (Å²) in [6, 6.07) is 0.777. The van der Waals surface area contributed by atoms with E-state index in [1.54, 1.807) is 0 Å². The van der Waals surface area contributed by atoms with Gasteiger partial charge in [0.15, 0.2) is 0 Å². The summed E-state index contributed by atoms with van der Waals surface area (Å²) in [5.41, 5.74) is 0. The molecule has 0 bridgehead atoms. The van der Waals surface area contributed by atoms with Crippen molar-refractivity contribution in [1.29, 1.82) is 0 Å². The molecule has 0 aromatic carbocycles. The SMILES string of the molecule is CCCCCN(CCO)C1CCCC1. The van der Waals surface area contributed by atoms with Crippen LogP contribution in [0.15, 0.2) is 0 Å². The van der Waals surface area contributed by atoms with E-state index in [0.29, 0.717) is 6.61 Å². The van der Waals surface area contributed by atoms with Crippen molar-refractivity contribution < 1.29 is 5.11 Å². The lowest BCUT2D eigenvalue weighted by atomic mass is 10.1. The highest BCUT2D eigenvalue weighted by atomic mass is 16.3. The van der Waals surface area contributed by atoms with Crippen molar-refractivity contribution in [2.45, 2.75) is 57.9 Å². The maximum Gasteiger partial charge on any atom is 0.0558 e. The first kappa shape index (κ1) is 12.0. The minimum absolute atomic E-state index is 0.322. The number of rotatable bonds is 7. The van der Waals surface area contributed by atoms with Gasteiger partial charge in [-0.2, -0.15) is 0 Å². The molecule has 1 rings (SSSR count). The zero-order valence-corrected chi connectivity index (χ0v) is 9.54. The third-order valence-electron chi connectivity index (χ3n) is 3.28. The molecule has 2 heteroatoms. The van der Waals surface area contributed by atoms with Gasteiger partial charge in [-0.25, -0.2) is 0 Å². The summed E-state index contributed by atoms with van der Waals surface area (Å²) < 4.78 is 0. The van der Waals surface area contributed by atoms with Crippen LogP contribution in [0.5, 0.6) is 0 Å². The van der Waals surface area contributed by atoms with Gasteiger partial charge in [0.2, 0.25) is 0 Å². The molecule has 0 saturated heterocycles. The Bertz CT molecular complexity index is 132. The third-order valence-corrected chi connectivity index (χ3v) is 3.28. The molecule has 1 aliphatic rings. The van der Waals surface area contributed by atoms with Crippen LogP contribution in [-0.2, 0) is 0 Å². The minimum Gasteiger partial charge on any atom is -0.395 e. The minimum atomic E-state index is 0.322. The zero-order valence-electron chi connectivity index (χ0n) is 9.54. The Kier molecular flexibility index (Phi) is 6.20. The molecular weight excluding hydrogens is 174 g/mol. The average Bonchev–Trinajstić information content (AvgIpc) is 2.70. The van der Waals surface area contributed by atoms with E-state index >= 15 is 0 Å². The zero-order chi connectivity index (χ0) is 10.2. The highest BCUT2D eigenvalue weighted by molar-refractivity contribution is 4.77. The highest BCUT2D eigenvalue weighted by Crippen LogP contribution is 2.23. The lowest BCUT2D eigenvalue weighted by Gasteiger charge is -2.27. The molecule has 0 amide bonds. The summed E-state index contributed by atoms with van der Waals surface area (Å²) in [5.74, 6) is 0. The number of nitrogens with zero attached hydrogens (tertiary/aromatic N) is 1. The van der Waals surface area contributed by atoms with Crippen LogP contribution in [0.2, 0.25) is 0 Å². The van der Waals surface area contributed by atoms with Gasteiger partial charge in [0.25, 0.3) is 0 Å². The van der Waals surface area contributed by atoms with E-state index in [-0.39, 0.29) is 0 Å². The fourth-order valence-corrected chi connectivity index (χ4v) is 2.44. The number of hydrogen-bond donors (Lipinski definition) is 1. The molecule has 0 aliphatic heterocycles. The summed E-state index contributed by atoms with van der Waals surface area (Å²) in [5, 5.41) is 9.01. The first-order valence-corrected chi connectivity index (χ1v) is 6.23. The Hall–Kier alpha value is -0.0800. The standard InChI is InChI=1S/C12H25NO/c1-2-3-6-9-13(10-11-14)12-7-4-5-8-12/h12,14H,2-11H2,1H3. The molecule has 0 radical (unpaired) electrons. The van der Waals surface area contributed by atoms with Gasteiger partial charge >= 0.3 is 0 Å². The summed E-state index contributed by atoms with van der Waals surface area (Å²) >= 11 is 0. The van der Waals surface area contributed by atoms with Gasteiger partial charge in [0.1, 0.15) is 0 Å². The van der Waals surface area contributed by atoms with E-state index in [9.17, 15) is 0 Å². The molecule has 1 fully saturated rings. The quantitative estimate of drug-likeness (QED) is 0.636. The third kappa shape index (κ3) is 3.97. The molecule has 1 aliphatic carbocycles. The van der Waals surface area contributed by atoms with Gasteiger partial charge in [-0.15, -0.1) is 0 Å². The largest absolute Gasteiger partial charge is 0.395 e. The van der Waals surface area contributed by atoms with E-state index in [2.05, 4.69) is 11.8 Å². The van der Waals surface area contributed by atoms with Crippen molar-refractivity contribution in [2.24, 2.45) is 0 Å². The number of hydrogen-bond acceptors (Lipinski definition) is 2. The lowest BCUT2D eigenvalue weighted by molar-refractivity contribution is 0.149. The molecule has 14 heavy (non-hydrogen) atoms. The average molecular weight is 199 g/mol. The second-order valence-electron chi connectivity index (χ2n) is 4.40. The number of aliphatic hydroxyl groups is 1.